The highest BCUT2D eigenvalue weighted by molar-refractivity contribution is 7.99. The molecule has 0 fully saturated rings. The van der Waals surface area contributed by atoms with Crippen LogP contribution in [0.1, 0.15) is 31.5 Å². The summed E-state index contributed by atoms with van der Waals surface area (Å²) in [5.41, 5.74) is 2.47. The normalized spacial score (nSPS) is 14.4. The second-order valence-corrected chi connectivity index (χ2v) is 7.17. The molecule has 1 aliphatic rings. The summed E-state index contributed by atoms with van der Waals surface area (Å²) in [6.07, 6.45) is 3.24. The number of rotatable bonds is 5. The monoisotopic (exact) mass is 281 g/mol. The van der Waals surface area contributed by atoms with E-state index in [0.717, 1.165) is 37.4 Å². The highest BCUT2D eigenvalue weighted by atomic mass is 32.2. The molecule has 5 heteroatoms. The second kappa shape index (κ2) is 6.09. The Hall–Kier alpha value is -0.810. The molecule has 0 aliphatic heterocycles. The quantitative estimate of drug-likeness (QED) is 0.609. The van der Waals surface area contributed by atoms with E-state index in [1.54, 1.807) is 11.8 Å². The van der Waals surface area contributed by atoms with E-state index in [0.29, 0.717) is 5.25 Å². The number of likely N-dealkylation sites (N-methyl/N-ethyl adjacent to an activating group) is 1. The van der Waals surface area contributed by atoms with Crippen LogP contribution < -0.4 is 5.69 Å². The van der Waals surface area contributed by atoms with Crippen LogP contribution in [0.5, 0.6) is 0 Å². The van der Waals surface area contributed by atoms with Crippen molar-refractivity contribution in [2.24, 2.45) is 0 Å². The average Bonchev–Trinajstić information content (AvgIpc) is 2.76. The van der Waals surface area contributed by atoms with Gasteiger partial charge in [-0.05, 0) is 33.4 Å². The smallest absolute Gasteiger partial charge is 0.308 e. The lowest BCUT2D eigenvalue weighted by molar-refractivity contribution is 0.375. The Labute approximate surface area is 119 Å². The lowest BCUT2D eigenvalue weighted by Gasteiger charge is -2.16. The predicted molar refractivity (Wildman–Crippen MR) is 80.1 cm³/mol. The van der Waals surface area contributed by atoms with E-state index in [2.05, 4.69) is 23.7 Å². The molecule has 1 aromatic heterocycles. The zero-order valence-electron chi connectivity index (χ0n) is 12.3. The van der Waals surface area contributed by atoms with Crippen molar-refractivity contribution in [1.29, 1.82) is 0 Å². The van der Waals surface area contributed by atoms with Crippen molar-refractivity contribution in [3.63, 3.8) is 0 Å². The van der Waals surface area contributed by atoms with Gasteiger partial charge in [-0.3, -0.25) is 4.57 Å². The summed E-state index contributed by atoms with van der Waals surface area (Å²) >= 11 is 1.72. The summed E-state index contributed by atoms with van der Waals surface area (Å²) in [6, 6.07) is 0. The number of fused-ring (bicyclic) bond motifs is 1. The van der Waals surface area contributed by atoms with Crippen molar-refractivity contribution >= 4 is 11.8 Å². The van der Waals surface area contributed by atoms with Crippen LogP contribution in [0.2, 0.25) is 0 Å². The molecule has 0 unspecified atom stereocenters. The van der Waals surface area contributed by atoms with Gasteiger partial charge in [-0.2, -0.15) is 4.98 Å². The summed E-state index contributed by atoms with van der Waals surface area (Å²) in [5, 5.41) is 1.43. The van der Waals surface area contributed by atoms with Crippen LogP contribution in [0.25, 0.3) is 0 Å². The van der Waals surface area contributed by atoms with Crippen molar-refractivity contribution in [3.8, 4) is 0 Å². The van der Waals surface area contributed by atoms with Gasteiger partial charge in [0.15, 0.2) is 0 Å². The number of hydrogen-bond donors (Lipinski definition) is 0. The van der Waals surface area contributed by atoms with Gasteiger partial charge in [0.2, 0.25) is 0 Å². The summed E-state index contributed by atoms with van der Waals surface area (Å²) in [5.74, 6) is 0. The van der Waals surface area contributed by atoms with E-state index in [-0.39, 0.29) is 5.69 Å². The lowest BCUT2D eigenvalue weighted by Crippen LogP contribution is -2.31. The van der Waals surface area contributed by atoms with E-state index >= 15 is 0 Å². The molecule has 106 valence electrons. The lowest BCUT2D eigenvalue weighted by atomic mass is 10.2. The molecule has 0 atom stereocenters. The molecule has 0 radical (unpaired) electrons. The summed E-state index contributed by atoms with van der Waals surface area (Å²) < 4.78 is 1.88. The van der Waals surface area contributed by atoms with Gasteiger partial charge in [-0.1, -0.05) is 13.8 Å². The van der Waals surface area contributed by atoms with Crippen molar-refractivity contribution in [2.45, 2.75) is 49.9 Å². The average molecular weight is 281 g/mol. The minimum absolute atomic E-state index is 0.0781. The third kappa shape index (κ3) is 3.39. The Kier molecular flexibility index (Phi) is 4.68. The topological polar surface area (TPSA) is 38.1 Å². The standard InChI is InChI=1S/C14H23N3OS/c1-10(2)19-13-11-6-5-7-12(11)17(14(18)15-13)9-8-16(3)4/h10H,5-9H2,1-4H3. The molecule has 0 spiro atoms. The molecular formula is C14H23N3OS. The van der Waals surface area contributed by atoms with Gasteiger partial charge in [0.25, 0.3) is 0 Å². The predicted octanol–water partition coefficient (Wildman–Crippen LogP) is 1.79. The molecule has 2 rings (SSSR count). The molecule has 0 bridgehead atoms. The first kappa shape index (κ1) is 14.6. The van der Waals surface area contributed by atoms with Crippen molar-refractivity contribution in [3.05, 3.63) is 21.7 Å². The van der Waals surface area contributed by atoms with E-state index in [1.165, 1.54) is 11.3 Å². The third-order valence-corrected chi connectivity index (χ3v) is 4.35. The molecule has 0 saturated heterocycles. The number of aromatic nitrogens is 2. The van der Waals surface area contributed by atoms with E-state index in [4.69, 9.17) is 0 Å². The molecule has 1 aliphatic carbocycles. The third-order valence-electron chi connectivity index (χ3n) is 3.32. The first-order valence-electron chi connectivity index (χ1n) is 6.93. The van der Waals surface area contributed by atoms with Crippen molar-refractivity contribution in [1.82, 2.24) is 14.5 Å². The Morgan fingerprint density at radius 3 is 2.74 bits per heavy atom. The van der Waals surface area contributed by atoms with E-state index in [1.807, 2.05) is 18.7 Å². The van der Waals surface area contributed by atoms with Crippen LogP contribution in [0.3, 0.4) is 0 Å². The minimum Gasteiger partial charge on any atom is -0.308 e. The van der Waals surface area contributed by atoms with Crippen LogP contribution in [0, 0.1) is 0 Å². The Morgan fingerprint density at radius 2 is 2.11 bits per heavy atom. The van der Waals surface area contributed by atoms with Gasteiger partial charge < -0.3 is 4.90 Å². The Balaban J connectivity index is 2.36. The van der Waals surface area contributed by atoms with Crippen molar-refractivity contribution in [2.75, 3.05) is 20.6 Å². The summed E-state index contributed by atoms with van der Waals surface area (Å²) in [6.45, 7) is 5.91. The summed E-state index contributed by atoms with van der Waals surface area (Å²) in [7, 11) is 4.06. The molecule has 0 N–H and O–H groups in total. The molecular weight excluding hydrogens is 258 g/mol. The molecule has 1 heterocycles. The Bertz CT molecular complexity index is 508. The maximum atomic E-state index is 12.2. The number of hydrogen-bond acceptors (Lipinski definition) is 4. The van der Waals surface area contributed by atoms with Crippen molar-refractivity contribution < 1.29 is 0 Å². The van der Waals surface area contributed by atoms with Gasteiger partial charge in [0.05, 0.1) is 0 Å². The molecule has 0 amide bonds. The zero-order valence-corrected chi connectivity index (χ0v) is 13.1. The SMILES string of the molecule is CC(C)Sc1nc(=O)n(CCN(C)C)c2c1CCC2. The van der Waals surface area contributed by atoms with Crippen LogP contribution in [0.15, 0.2) is 9.82 Å². The largest absolute Gasteiger partial charge is 0.348 e. The van der Waals surface area contributed by atoms with Crippen LogP contribution >= 0.6 is 11.8 Å². The Morgan fingerprint density at radius 1 is 1.37 bits per heavy atom. The van der Waals surface area contributed by atoms with Gasteiger partial charge in [0, 0.05) is 29.6 Å². The highest BCUT2D eigenvalue weighted by Gasteiger charge is 2.22. The fourth-order valence-corrected chi connectivity index (χ4v) is 3.38. The summed E-state index contributed by atoms with van der Waals surface area (Å²) in [4.78, 5) is 18.6. The maximum absolute atomic E-state index is 12.2. The first-order chi connectivity index (χ1) is 8.99. The number of thioether (sulfide) groups is 1. The van der Waals surface area contributed by atoms with Gasteiger partial charge >= 0.3 is 5.69 Å². The number of nitrogens with zero attached hydrogens (tertiary/aromatic N) is 3. The fourth-order valence-electron chi connectivity index (χ4n) is 2.44. The van der Waals surface area contributed by atoms with Crippen LogP contribution in [-0.2, 0) is 19.4 Å². The molecule has 19 heavy (non-hydrogen) atoms. The maximum Gasteiger partial charge on any atom is 0.348 e. The molecule has 4 nitrogen and oxygen atoms in total. The molecule has 0 aromatic carbocycles. The van der Waals surface area contributed by atoms with Gasteiger partial charge in [-0.25, -0.2) is 4.79 Å². The highest BCUT2D eigenvalue weighted by Crippen LogP contribution is 2.31. The molecule has 1 aromatic rings. The van der Waals surface area contributed by atoms with Gasteiger partial charge in [-0.15, -0.1) is 11.8 Å². The first-order valence-corrected chi connectivity index (χ1v) is 7.81. The fraction of sp³-hybridized carbons (Fsp3) is 0.714. The van der Waals surface area contributed by atoms with Crippen LogP contribution in [-0.4, -0.2) is 40.3 Å². The van der Waals surface area contributed by atoms with Gasteiger partial charge in [0.1, 0.15) is 5.03 Å². The molecule has 0 saturated carbocycles. The second-order valence-electron chi connectivity index (χ2n) is 5.60. The minimum atomic E-state index is -0.0781. The zero-order chi connectivity index (χ0) is 14.0. The van der Waals surface area contributed by atoms with E-state index < -0.39 is 0 Å². The van der Waals surface area contributed by atoms with E-state index in [9.17, 15) is 4.79 Å². The van der Waals surface area contributed by atoms with Crippen LogP contribution in [0.4, 0.5) is 0 Å².